The molecule has 1 aliphatic heterocycles. The summed E-state index contributed by atoms with van der Waals surface area (Å²) in [6, 6.07) is -0.536. The third kappa shape index (κ3) is 2.55. The number of nitrogens with zero attached hydrogens (tertiary/aromatic N) is 1. The maximum absolute atomic E-state index is 12.9. The van der Waals surface area contributed by atoms with Crippen LogP contribution in [0.15, 0.2) is 0 Å². The van der Waals surface area contributed by atoms with Crippen LogP contribution in [0.25, 0.3) is 0 Å². The van der Waals surface area contributed by atoms with Crippen LogP contribution in [0.1, 0.15) is 26.2 Å². The number of morpholine rings is 1. The molecule has 1 heterocycles. The van der Waals surface area contributed by atoms with Gasteiger partial charge in [0.2, 0.25) is 11.8 Å². The molecule has 2 bridgehead atoms. The van der Waals surface area contributed by atoms with Crippen molar-refractivity contribution in [3.05, 3.63) is 0 Å². The van der Waals surface area contributed by atoms with Crippen molar-refractivity contribution in [3.8, 4) is 0 Å². The van der Waals surface area contributed by atoms with Crippen LogP contribution in [0.3, 0.4) is 0 Å². The molecule has 1 saturated heterocycles. The molecule has 2 saturated carbocycles. The number of carbonyl (C=O) groups is 2. The van der Waals surface area contributed by atoms with E-state index < -0.39 is 6.04 Å². The maximum Gasteiger partial charge on any atom is 0.245 e. The fourth-order valence-corrected chi connectivity index (χ4v) is 4.27. The Morgan fingerprint density at radius 1 is 1.33 bits per heavy atom. The monoisotopic (exact) mass is 295 g/mol. The third-order valence-electron chi connectivity index (χ3n) is 5.33. The number of nitrogens with one attached hydrogen (secondary N) is 1. The van der Waals surface area contributed by atoms with Gasteiger partial charge in [-0.25, -0.2) is 0 Å². The second kappa shape index (κ2) is 5.93. The minimum atomic E-state index is -0.502. The number of hydrogen-bond donors (Lipinski definition) is 2. The summed E-state index contributed by atoms with van der Waals surface area (Å²) in [6.07, 6.45) is 3.33. The highest BCUT2D eigenvalue weighted by atomic mass is 16.5. The van der Waals surface area contributed by atoms with Gasteiger partial charge in [-0.3, -0.25) is 9.59 Å². The van der Waals surface area contributed by atoms with Gasteiger partial charge in [0.15, 0.2) is 0 Å². The number of ether oxygens (including phenoxy) is 1. The fraction of sp³-hybridized carbons (Fsp3) is 0.867. The second-order valence-electron chi connectivity index (χ2n) is 6.45. The quantitative estimate of drug-likeness (QED) is 0.750. The Balaban J connectivity index is 1.74. The average Bonchev–Trinajstić information content (AvgIpc) is 3.08. The van der Waals surface area contributed by atoms with Gasteiger partial charge in [-0.05, 0) is 38.0 Å². The highest BCUT2D eigenvalue weighted by Crippen LogP contribution is 2.48. The molecule has 2 aliphatic carbocycles. The zero-order chi connectivity index (χ0) is 15.0. The zero-order valence-electron chi connectivity index (χ0n) is 12.6. The lowest BCUT2D eigenvalue weighted by molar-refractivity contribution is -0.153. The Hall–Kier alpha value is -1.14. The number of amides is 2. The van der Waals surface area contributed by atoms with E-state index in [2.05, 4.69) is 5.32 Å². The van der Waals surface area contributed by atoms with Gasteiger partial charge in [0, 0.05) is 19.1 Å². The Morgan fingerprint density at radius 3 is 2.76 bits per heavy atom. The van der Waals surface area contributed by atoms with E-state index in [0.717, 1.165) is 19.3 Å². The van der Waals surface area contributed by atoms with Gasteiger partial charge in [-0.2, -0.15) is 0 Å². The van der Waals surface area contributed by atoms with Crippen molar-refractivity contribution >= 4 is 11.8 Å². The summed E-state index contributed by atoms with van der Waals surface area (Å²) in [6.45, 7) is 3.71. The number of likely N-dealkylation sites (N-methyl/N-ethyl adjacent to an activating group) is 1. The molecule has 5 unspecified atom stereocenters. The van der Waals surface area contributed by atoms with Gasteiger partial charge in [-0.15, -0.1) is 0 Å². The average molecular weight is 295 g/mol. The number of carbonyl (C=O) groups excluding carboxylic acids is 2. The molecule has 3 rings (SSSR count). The lowest BCUT2D eigenvalue weighted by Crippen LogP contribution is -2.59. The Labute approximate surface area is 125 Å². The van der Waals surface area contributed by atoms with Crippen molar-refractivity contribution < 1.29 is 14.3 Å². The van der Waals surface area contributed by atoms with E-state index in [1.807, 2.05) is 6.92 Å². The molecule has 6 heteroatoms. The second-order valence-corrected chi connectivity index (χ2v) is 6.45. The summed E-state index contributed by atoms with van der Waals surface area (Å²) in [7, 11) is 0. The van der Waals surface area contributed by atoms with E-state index in [1.54, 1.807) is 4.90 Å². The number of hydrogen-bond acceptors (Lipinski definition) is 4. The summed E-state index contributed by atoms with van der Waals surface area (Å²) in [5.41, 5.74) is 6.27. The molecule has 2 amide bonds. The van der Waals surface area contributed by atoms with Crippen LogP contribution in [-0.2, 0) is 14.3 Å². The third-order valence-corrected chi connectivity index (χ3v) is 5.33. The first kappa shape index (κ1) is 14.8. The summed E-state index contributed by atoms with van der Waals surface area (Å²) in [5.74, 6) is 0.749. The Bertz CT molecular complexity index is 426. The van der Waals surface area contributed by atoms with Crippen molar-refractivity contribution in [1.82, 2.24) is 10.2 Å². The van der Waals surface area contributed by atoms with E-state index in [-0.39, 0.29) is 30.4 Å². The molecule has 0 aromatic heterocycles. The summed E-state index contributed by atoms with van der Waals surface area (Å²) in [5, 5.41) is 2.79. The van der Waals surface area contributed by atoms with Crippen LogP contribution < -0.4 is 11.1 Å². The standard InChI is InChI=1S/C15H25N3O3/c1-2-17-14(19)11-8-21-6-5-18(11)15(20)12-9-3-4-10(7-9)13(12)16/h9-13H,2-8,16H2,1H3,(H,17,19). The highest BCUT2D eigenvalue weighted by molar-refractivity contribution is 5.89. The normalized spacial score (nSPS) is 38.6. The first-order valence-electron chi connectivity index (χ1n) is 8.05. The van der Waals surface area contributed by atoms with Crippen LogP contribution in [0, 0.1) is 17.8 Å². The molecular weight excluding hydrogens is 270 g/mol. The molecule has 0 aromatic carbocycles. The molecule has 0 aromatic rings. The fourth-order valence-electron chi connectivity index (χ4n) is 4.27. The Kier molecular flexibility index (Phi) is 4.17. The minimum absolute atomic E-state index is 0.0334. The van der Waals surface area contributed by atoms with E-state index in [1.165, 1.54) is 0 Å². The molecule has 3 N–H and O–H groups in total. The van der Waals surface area contributed by atoms with Crippen molar-refractivity contribution in [1.29, 1.82) is 0 Å². The highest BCUT2D eigenvalue weighted by Gasteiger charge is 2.51. The van der Waals surface area contributed by atoms with Crippen LogP contribution >= 0.6 is 0 Å². The molecule has 5 atom stereocenters. The van der Waals surface area contributed by atoms with Crippen molar-refractivity contribution in [2.24, 2.45) is 23.5 Å². The first-order chi connectivity index (χ1) is 10.1. The summed E-state index contributed by atoms with van der Waals surface area (Å²) < 4.78 is 5.40. The van der Waals surface area contributed by atoms with Crippen molar-refractivity contribution in [2.75, 3.05) is 26.3 Å². The van der Waals surface area contributed by atoms with Gasteiger partial charge in [0.25, 0.3) is 0 Å². The van der Waals surface area contributed by atoms with Gasteiger partial charge < -0.3 is 20.7 Å². The molecule has 3 fully saturated rings. The lowest BCUT2D eigenvalue weighted by atomic mass is 9.83. The van der Waals surface area contributed by atoms with Crippen molar-refractivity contribution in [3.63, 3.8) is 0 Å². The number of fused-ring (bicyclic) bond motifs is 2. The van der Waals surface area contributed by atoms with E-state index in [9.17, 15) is 9.59 Å². The predicted molar refractivity (Wildman–Crippen MR) is 77.3 cm³/mol. The maximum atomic E-state index is 12.9. The largest absolute Gasteiger partial charge is 0.377 e. The molecule has 3 aliphatic rings. The van der Waals surface area contributed by atoms with Crippen LogP contribution in [0.5, 0.6) is 0 Å². The van der Waals surface area contributed by atoms with E-state index >= 15 is 0 Å². The number of rotatable bonds is 3. The van der Waals surface area contributed by atoms with Gasteiger partial charge in [-0.1, -0.05) is 0 Å². The summed E-state index contributed by atoms with van der Waals surface area (Å²) >= 11 is 0. The zero-order valence-corrected chi connectivity index (χ0v) is 12.6. The Morgan fingerprint density at radius 2 is 2.10 bits per heavy atom. The smallest absolute Gasteiger partial charge is 0.245 e. The molecule has 0 spiro atoms. The molecular formula is C15H25N3O3. The molecule has 6 nitrogen and oxygen atoms in total. The van der Waals surface area contributed by atoms with Crippen LogP contribution in [-0.4, -0.2) is 55.1 Å². The van der Waals surface area contributed by atoms with E-state index in [4.69, 9.17) is 10.5 Å². The van der Waals surface area contributed by atoms with E-state index in [0.29, 0.717) is 31.5 Å². The van der Waals surface area contributed by atoms with Gasteiger partial charge in [0.1, 0.15) is 6.04 Å². The first-order valence-corrected chi connectivity index (χ1v) is 8.05. The minimum Gasteiger partial charge on any atom is -0.377 e. The molecule has 21 heavy (non-hydrogen) atoms. The lowest BCUT2D eigenvalue weighted by Gasteiger charge is -2.39. The SMILES string of the molecule is CCNC(=O)C1COCCN1C(=O)C1C2CCC(C2)C1N. The predicted octanol–water partition coefficient (Wildman–Crippen LogP) is -0.277. The molecule has 0 radical (unpaired) electrons. The molecule has 118 valence electrons. The topological polar surface area (TPSA) is 84.7 Å². The van der Waals surface area contributed by atoms with Gasteiger partial charge >= 0.3 is 0 Å². The number of nitrogens with two attached hydrogens (primary N) is 1. The van der Waals surface area contributed by atoms with Crippen molar-refractivity contribution in [2.45, 2.75) is 38.3 Å². The van der Waals surface area contributed by atoms with Crippen LogP contribution in [0.4, 0.5) is 0 Å². The van der Waals surface area contributed by atoms with Gasteiger partial charge in [0.05, 0.1) is 19.1 Å². The van der Waals surface area contributed by atoms with Crippen LogP contribution in [0.2, 0.25) is 0 Å². The summed E-state index contributed by atoms with van der Waals surface area (Å²) in [4.78, 5) is 26.8.